The van der Waals surface area contributed by atoms with Crippen molar-refractivity contribution in [3.63, 3.8) is 0 Å². The predicted octanol–water partition coefficient (Wildman–Crippen LogP) is 2.73. The molecule has 20 heavy (non-hydrogen) atoms. The highest BCUT2D eigenvalue weighted by molar-refractivity contribution is 9.10. The first kappa shape index (κ1) is 14.1. The van der Waals surface area contributed by atoms with Crippen LogP contribution in [0.25, 0.3) is 0 Å². The highest BCUT2D eigenvalue weighted by Gasteiger charge is 2.15. The Balaban J connectivity index is 2.01. The summed E-state index contributed by atoms with van der Waals surface area (Å²) in [6.07, 6.45) is 0. The van der Waals surface area contributed by atoms with Crippen LogP contribution in [0.4, 0.5) is 11.4 Å². The minimum Gasteiger partial charge on any atom is -0.506 e. The van der Waals surface area contributed by atoms with Crippen molar-refractivity contribution in [1.29, 1.82) is 0 Å². The summed E-state index contributed by atoms with van der Waals surface area (Å²) < 4.78 is 0.870. The Morgan fingerprint density at radius 1 is 0.900 bits per heavy atom. The molecule has 2 aromatic rings. The van der Waals surface area contributed by atoms with Gasteiger partial charge in [-0.25, -0.2) is 0 Å². The van der Waals surface area contributed by atoms with Gasteiger partial charge in [0, 0.05) is 10.2 Å². The first-order valence-corrected chi connectivity index (χ1v) is 6.51. The molecule has 2 rings (SSSR count). The van der Waals surface area contributed by atoms with Gasteiger partial charge in [0.15, 0.2) is 0 Å². The standard InChI is InChI=1S/C14H11BrN2O3/c15-9-5-7-10(8-6-9)16-13(19)14(20)17-11-3-1-2-4-12(11)18/h1-8,18H,(H,16,19)(H,17,20). The second kappa shape index (κ2) is 6.21. The normalized spacial score (nSPS) is 9.85. The summed E-state index contributed by atoms with van der Waals surface area (Å²) >= 11 is 3.27. The second-order valence-electron chi connectivity index (χ2n) is 3.93. The molecule has 5 nitrogen and oxygen atoms in total. The highest BCUT2D eigenvalue weighted by atomic mass is 79.9. The number of hydrogen-bond acceptors (Lipinski definition) is 3. The number of para-hydroxylation sites is 2. The number of phenolic OH excluding ortho intramolecular Hbond substituents is 1. The van der Waals surface area contributed by atoms with E-state index in [1.54, 1.807) is 36.4 Å². The molecule has 0 aliphatic carbocycles. The average molecular weight is 335 g/mol. The predicted molar refractivity (Wildman–Crippen MR) is 79.5 cm³/mol. The molecule has 0 unspecified atom stereocenters. The van der Waals surface area contributed by atoms with E-state index >= 15 is 0 Å². The number of benzene rings is 2. The Kier molecular flexibility index (Phi) is 4.37. The summed E-state index contributed by atoms with van der Waals surface area (Å²) in [6.45, 7) is 0. The van der Waals surface area contributed by atoms with Crippen LogP contribution in [0.1, 0.15) is 0 Å². The van der Waals surface area contributed by atoms with E-state index in [0.29, 0.717) is 5.69 Å². The van der Waals surface area contributed by atoms with Crippen molar-refractivity contribution in [1.82, 2.24) is 0 Å². The van der Waals surface area contributed by atoms with Crippen LogP contribution >= 0.6 is 15.9 Å². The maximum atomic E-state index is 11.7. The van der Waals surface area contributed by atoms with Crippen LogP contribution in [-0.4, -0.2) is 16.9 Å². The van der Waals surface area contributed by atoms with Crippen LogP contribution in [0, 0.1) is 0 Å². The second-order valence-corrected chi connectivity index (χ2v) is 4.85. The molecule has 102 valence electrons. The molecule has 0 heterocycles. The van der Waals surface area contributed by atoms with Crippen LogP contribution in [0.15, 0.2) is 53.0 Å². The van der Waals surface area contributed by atoms with E-state index in [1.807, 2.05) is 0 Å². The minimum atomic E-state index is -0.852. The summed E-state index contributed by atoms with van der Waals surface area (Å²) in [5.74, 6) is -1.76. The summed E-state index contributed by atoms with van der Waals surface area (Å²) in [5.41, 5.74) is 0.689. The molecule has 0 radical (unpaired) electrons. The smallest absolute Gasteiger partial charge is 0.314 e. The lowest BCUT2D eigenvalue weighted by Gasteiger charge is -2.07. The van der Waals surface area contributed by atoms with E-state index in [0.717, 1.165) is 4.47 Å². The first-order valence-electron chi connectivity index (χ1n) is 5.72. The number of aromatic hydroxyl groups is 1. The maximum Gasteiger partial charge on any atom is 0.314 e. The van der Waals surface area contributed by atoms with Gasteiger partial charge in [-0.1, -0.05) is 28.1 Å². The van der Waals surface area contributed by atoms with Gasteiger partial charge < -0.3 is 15.7 Å². The van der Waals surface area contributed by atoms with Crippen LogP contribution in [0.3, 0.4) is 0 Å². The van der Waals surface area contributed by atoms with Crippen LogP contribution in [0.5, 0.6) is 5.75 Å². The van der Waals surface area contributed by atoms with Crippen LogP contribution in [0.2, 0.25) is 0 Å². The fourth-order valence-electron chi connectivity index (χ4n) is 1.48. The number of carbonyl (C=O) groups excluding carboxylic acids is 2. The SMILES string of the molecule is O=C(Nc1ccc(Br)cc1)C(=O)Nc1ccccc1O. The minimum absolute atomic E-state index is 0.0997. The summed E-state index contributed by atoms with van der Waals surface area (Å²) in [7, 11) is 0. The molecule has 0 bridgehead atoms. The quantitative estimate of drug-likeness (QED) is 0.583. The maximum absolute atomic E-state index is 11.7. The molecule has 3 N–H and O–H groups in total. The molecule has 0 spiro atoms. The molecule has 0 atom stereocenters. The number of rotatable bonds is 2. The zero-order valence-electron chi connectivity index (χ0n) is 10.3. The molecule has 0 aliphatic rings. The zero-order chi connectivity index (χ0) is 14.5. The van der Waals surface area contributed by atoms with Gasteiger partial charge in [0.1, 0.15) is 5.75 Å². The number of amides is 2. The van der Waals surface area contributed by atoms with E-state index in [2.05, 4.69) is 26.6 Å². The molecule has 0 fully saturated rings. The molecule has 2 aromatic carbocycles. The number of hydrogen-bond donors (Lipinski definition) is 3. The van der Waals surface area contributed by atoms with Crippen molar-refractivity contribution in [2.45, 2.75) is 0 Å². The fraction of sp³-hybridized carbons (Fsp3) is 0. The lowest BCUT2D eigenvalue weighted by atomic mass is 10.3. The van der Waals surface area contributed by atoms with Crippen molar-refractivity contribution in [2.75, 3.05) is 10.6 Å². The van der Waals surface area contributed by atoms with Gasteiger partial charge in [0.05, 0.1) is 5.69 Å². The molecule has 0 aliphatic heterocycles. The Morgan fingerprint density at radius 2 is 1.50 bits per heavy atom. The lowest BCUT2D eigenvalue weighted by molar-refractivity contribution is -0.133. The molecule has 2 amide bonds. The number of anilines is 2. The fourth-order valence-corrected chi connectivity index (χ4v) is 1.74. The van der Waals surface area contributed by atoms with E-state index in [9.17, 15) is 14.7 Å². The number of halogens is 1. The Morgan fingerprint density at radius 3 is 2.15 bits per heavy atom. The summed E-state index contributed by atoms with van der Waals surface area (Å²) in [5, 5.41) is 14.3. The summed E-state index contributed by atoms with van der Waals surface area (Å²) in [4.78, 5) is 23.4. The van der Waals surface area contributed by atoms with E-state index in [1.165, 1.54) is 12.1 Å². The number of nitrogens with one attached hydrogen (secondary N) is 2. The largest absolute Gasteiger partial charge is 0.506 e. The van der Waals surface area contributed by atoms with Crippen LogP contribution < -0.4 is 10.6 Å². The van der Waals surface area contributed by atoms with Crippen molar-refractivity contribution in [2.24, 2.45) is 0 Å². The third-order valence-electron chi connectivity index (χ3n) is 2.46. The molecule has 0 saturated heterocycles. The molecule has 0 aromatic heterocycles. The van der Waals surface area contributed by atoms with Crippen LogP contribution in [-0.2, 0) is 9.59 Å². The number of phenols is 1. The Hall–Kier alpha value is -2.34. The van der Waals surface area contributed by atoms with Gasteiger partial charge in [-0.05, 0) is 36.4 Å². The molecular formula is C14H11BrN2O3. The first-order chi connectivity index (χ1) is 9.56. The van der Waals surface area contributed by atoms with Crippen molar-refractivity contribution in [3.05, 3.63) is 53.0 Å². The van der Waals surface area contributed by atoms with Gasteiger partial charge >= 0.3 is 11.8 Å². The summed E-state index contributed by atoms with van der Waals surface area (Å²) in [6, 6.07) is 13.0. The molecule has 0 saturated carbocycles. The number of carbonyl (C=O) groups is 2. The van der Waals surface area contributed by atoms with Crippen molar-refractivity contribution < 1.29 is 14.7 Å². The van der Waals surface area contributed by atoms with E-state index in [4.69, 9.17) is 0 Å². The van der Waals surface area contributed by atoms with Gasteiger partial charge in [-0.3, -0.25) is 9.59 Å². The Labute approximate surface area is 123 Å². The molecular weight excluding hydrogens is 324 g/mol. The topological polar surface area (TPSA) is 78.4 Å². The zero-order valence-corrected chi connectivity index (χ0v) is 11.8. The average Bonchev–Trinajstić information content (AvgIpc) is 2.44. The third kappa shape index (κ3) is 3.58. The van der Waals surface area contributed by atoms with Crippen molar-refractivity contribution in [3.8, 4) is 5.75 Å². The molecule has 6 heteroatoms. The van der Waals surface area contributed by atoms with Crippen molar-refractivity contribution >= 4 is 39.1 Å². The van der Waals surface area contributed by atoms with Gasteiger partial charge in [-0.2, -0.15) is 0 Å². The monoisotopic (exact) mass is 334 g/mol. The Bertz CT molecular complexity index is 641. The van der Waals surface area contributed by atoms with E-state index < -0.39 is 11.8 Å². The van der Waals surface area contributed by atoms with Gasteiger partial charge in [0.2, 0.25) is 0 Å². The van der Waals surface area contributed by atoms with Gasteiger partial charge in [0.25, 0.3) is 0 Å². The van der Waals surface area contributed by atoms with Gasteiger partial charge in [-0.15, -0.1) is 0 Å². The van der Waals surface area contributed by atoms with E-state index in [-0.39, 0.29) is 11.4 Å². The lowest BCUT2D eigenvalue weighted by Crippen LogP contribution is -2.29. The third-order valence-corrected chi connectivity index (χ3v) is 2.99. The highest BCUT2D eigenvalue weighted by Crippen LogP contribution is 2.21.